The molecule has 0 unspecified atom stereocenters. The van der Waals surface area contributed by atoms with Crippen LogP contribution in [-0.4, -0.2) is 27.5 Å². The van der Waals surface area contributed by atoms with Gasteiger partial charge in [-0.2, -0.15) is 0 Å². The highest BCUT2D eigenvalue weighted by molar-refractivity contribution is 7.89. The number of sulfonamides is 1. The number of carbonyl (C=O) groups is 1. The van der Waals surface area contributed by atoms with E-state index in [9.17, 15) is 13.2 Å². The zero-order valence-corrected chi connectivity index (χ0v) is 15.5. The minimum Gasteiger partial charge on any atom is -0.337 e. The molecule has 3 N–H and O–H groups in total. The Bertz CT molecular complexity index is 869. The van der Waals surface area contributed by atoms with Crippen LogP contribution in [0.4, 0.5) is 10.5 Å². The summed E-state index contributed by atoms with van der Waals surface area (Å²) in [7, 11) is -3.62. The van der Waals surface area contributed by atoms with Gasteiger partial charge in [-0.3, -0.25) is 0 Å². The van der Waals surface area contributed by atoms with Crippen LogP contribution in [-0.2, 0) is 10.0 Å². The molecule has 134 valence electrons. The van der Waals surface area contributed by atoms with Crippen molar-refractivity contribution < 1.29 is 13.2 Å². The summed E-state index contributed by atoms with van der Waals surface area (Å²) < 4.78 is 27.1. The van der Waals surface area contributed by atoms with Crippen molar-refractivity contribution in [3.8, 4) is 0 Å². The van der Waals surface area contributed by atoms with Gasteiger partial charge in [-0.15, -0.1) is 0 Å². The van der Waals surface area contributed by atoms with Crippen molar-refractivity contribution >= 4 is 33.3 Å². The maximum absolute atomic E-state index is 12.3. The van der Waals surface area contributed by atoms with E-state index < -0.39 is 16.1 Å². The van der Waals surface area contributed by atoms with E-state index in [4.69, 9.17) is 11.6 Å². The van der Waals surface area contributed by atoms with Gasteiger partial charge in [0.05, 0.1) is 15.6 Å². The molecular formula is C17H20ClN3O3S. The Morgan fingerprint density at radius 3 is 2.52 bits per heavy atom. The average Bonchev–Trinajstić information content (AvgIpc) is 2.56. The monoisotopic (exact) mass is 381 g/mol. The van der Waals surface area contributed by atoms with Gasteiger partial charge in [0.2, 0.25) is 10.0 Å². The van der Waals surface area contributed by atoms with Gasteiger partial charge in [-0.25, -0.2) is 17.9 Å². The fraction of sp³-hybridized carbons (Fsp3) is 0.235. The number of amides is 2. The normalized spacial score (nSPS) is 11.2. The van der Waals surface area contributed by atoms with Gasteiger partial charge in [-0.05, 0) is 43.2 Å². The van der Waals surface area contributed by atoms with E-state index in [0.29, 0.717) is 16.3 Å². The predicted molar refractivity (Wildman–Crippen MR) is 99.6 cm³/mol. The zero-order valence-electron chi connectivity index (χ0n) is 14.0. The summed E-state index contributed by atoms with van der Waals surface area (Å²) in [6.07, 6.45) is 0. The number of halogens is 1. The summed E-state index contributed by atoms with van der Waals surface area (Å²) >= 11 is 5.95. The summed E-state index contributed by atoms with van der Waals surface area (Å²) in [5.74, 6) is 0. The smallest absolute Gasteiger partial charge is 0.319 e. The van der Waals surface area contributed by atoms with E-state index in [2.05, 4.69) is 15.4 Å². The van der Waals surface area contributed by atoms with Gasteiger partial charge in [-0.1, -0.05) is 35.9 Å². The molecule has 0 saturated heterocycles. The second kappa shape index (κ2) is 8.33. The molecule has 2 amide bonds. The molecule has 0 spiro atoms. The lowest BCUT2D eigenvalue weighted by Crippen LogP contribution is -2.37. The molecule has 2 aromatic carbocycles. The van der Waals surface area contributed by atoms with Crippen molar-refractivity contribution in [2.45, 2.75) is 18.7 Å². The van der Waals surface area contributed by atoms with Crippen LogP contribution in [0.25, 0.3) is 0 Å². The number of anilines is 1. The van der Waals surface area contributed by atoms with E-state index in [1.807, 2.05) is 13.0 Å². The van der Waals surface area contributed by atoms with Crippen molar-refractivity contribution in [2.24, 2.45) is 0 Å². The Kier molecular flexibility index (Phi) is 6.41. The topological polar surface area (TPSA) is 87.3 Å². The summed E-state index contributed by atoms with van der Waals surface area (Å²) in [5.41, 5.74) is 2.02. The third kappa shape index (κ3) is 5.45. The summed E-state index contributed by atoms with van der Waals surface area (Å²) in [6.45, 7) is 3.79. The number of aryl methyl sites for hydroxylation is 2. The first kappa shape index (κ1) is 19.2. The average molecular weight is 382 g/mol. The van der Waals surface area contributed by atoms with Gasteiger partial charge in [0.25, 0.3) is 0 Å². The molecule has 0 aliphatic carbocycles. The summed E-state index contributed by atoms with van der Waals surface area (Å²) in [5, 5.41) is 5.59. The van der Waals surface area contributed by atoms with E-state index in [0.717, 1.165) is 5.56 Å². The number of rotatable bonds is 6. The molecule has 0 aliphatic rings. The number of urea groups is 1. The third-order valence-electron chi connectivity index (χ3n) is 3.46. The van der Waals surface area contributed by atoms with Crippen molar-refractivity contribution in [2.75, 3.05) is 18.4 Å². The Balaban J connectivity index is 1.85. The van der Waals surface area contributed by atoms with Gasteiger partial charge < -0.3 is 10.6 Å². The quantitative estimate of drug-likeness (QED) is 0.672. The van der Waals surface area contributed by atoms with Gasteiger partial charge in [0, 0.05) is 13.1 Å². The summed E-state index contributed by atoms with van der Waals surface area (Å²) in [4.78, 5) is 12.0. The highest BCUT2D eigenvalue weighted by atomic mass is 35.5. The Morgan fingerprint density at radius 1 is 1.08 bits per heavy atom. The second-order valence-corrected chi connectivity index (χ2v) is 7.67. The van der Waals surface area contributed by atoms with Crippen LogP contribution in [0, 0.1) is 13.8 Å². The number of nitrogens with one attached hydrogen (secondary N) is 3. The molecule has 0 fully saturated rings. The van der Waals surface area contributed by atoms with Crippen LogP contribution in [0.2, 0.25) is 5.02 Å². The molecule has 2 aromatic rings. The van der Waals surface area contributed by atoms with Crippen LogP contribution in [0.15, 0.2) is 47.4 Å². The highest BCUT2D eigenvalue weighted by Gasteiger charge is 2.16. The lowest BCUT2D eigenvalue weighted by atomic mass is 10.2. The Labute approximate surface area is 152 Å². The van der Waals surface area contributed by atoms with E-state index in [1.54, 1.807) is 43.3 Å². The molecule has 0 aromatic heterocycles. The minimum atomic E-state index is -3.62. The van der Waals surface area contributed by atoms with Crippen molar-refractivity contribution in [1.29, 1.82) is 0 Å². The van der Waals surface area contributed by atoms with Crippen molar-refractivity contribution in [1.82, 2.24) is 10.0 Å². The third-order valence-corrected chi connectivity index (χ3v) is 5.39. The first-order valence-corrected chi connectivity index (χ1v) is 9.52. The van der Waals surface area contributed by atoms with Crippen LogP contribution >= 0.6 is 11.6 Å². The van der Waals surface area contributed by atoms with Crippen LogP contribution in [0.3, 0.4) is 0 Å². The molecule has 0 heterocycles. The molecular weight excluding hydrogens is 362 g/mol. The molecule has 0 bridgehead atoms. The van der Waals surface area contributed by atoms with E-state index in [-0.39, 0.29) is 18.0 Å². The Hall–Kier alpha value is -2.09. The zero-order chi connectivity index (χ0) is 18.4. The SMILES string of the molecule is Cc1ccc(C)c(S(=O)(=O)NCCNC(=O)Nc2ccccc2Cl)c1. The molecule has 25 heavy (non-hydrogen) atoms. The molecule has 0 saturated carbocycles. The van der Waals surface area contributed by atoms with Gasteiger partial charge in [0.15, 0.2) is 0 Å². The molecule has 0 atom stereocenters. The largest absolute Gasteiger partial charge is 0.337 e. The number of benzene rings is 2. The van der Waals surface area contributed by atoms with Crippen molar-refractivity contribution in [3.05, 3.63) is 58.6 Å². The molecule has 6 nitrogen and oxygen atoms in total. The van der Waals surface area contributed by atoms with Crippen LogP contribution in [0.5, 0.6) is 0 Å². The summed E-state index contributed by atoms with van der Waals surface area (Å²) in [6, 6.07) is 11.6. The van der Waals surface area contributed by atoms with Crippen LogP contribution in [0.1, 0.15) is 11.1 Å². The molecule has 8 heteroatoms. The molecule has 0 radical (unpaired) electrons. The second-order valence-electron chi connectivity index (χ2n) is 5.53. The Morgan fingerprint density at radius 2 is 1.80 bits per heavy atom. The highest BCUT2D eigenvalue weighted by Crippen LogP contribution is 2.20. The van der Waals surface area contributed by atoms with E-state index >= 15 is 0 Å². The molecule has 2 rings (SSSR count). The number of para-hydroxylation sites is 1. The van der Waals surface area contributed by atoms with E-state index in [1.165, 1.54) is 0 Å². The standard InChI is InChI=1S/C17H20ClN3O3S/c1-12-7-8-13(2)16(11-12)25(23,24)20-10-9-19-17(22)21-15-6-4-3-5-14(15)18/h3-8,11,20H,9-10H2,1-2H3,(H2,19,21,22). The maximum Gasteiger partial charge on any atom is 0.319 e. The predicted octanol–water partition coefficient (Wildman–Crippen LogP) is 3.06. The lowest BCUT2D eigenvalue weighted by Gasteiger charge is -2.11. The first-order valence-electron chi connectivity index (χ1n) is 7.66. The molecule has 0 aliphatic heterocycles. The van der Waals surface area contributed by atoms with Gasteiger partial charge >= 0.3 is 6.03 Å². The van der Waals surface area contributed by atoms with Gasteiger partial charge in [0.1, 0.15) is 0 Å². The maximum atomic E-state index is 12.3. The number of carbonyl (C=O) groups excluding carboxylic acids is 1. The van der Waals surface area contributed by atoms with Crippen LogP contribution < -0.4 is 15.4 Å². The minimum absolute atomic E-state index is 0.0751. The fourth-order valence-corrected chi connectivity index (χ4v) is 3.71. The fourth-order valence-electron chi connectivity index (χ4n) is 2.17. The lowest BCUT2D eigenvalue weighted by molar-refractivity contribution is 0.252. The first-order chi connectivity index (χ1) is 11.8. The number of hydrogen-bond acceptors (Lipinski definition) is 3. The van der Waals surface area contributed by atoms with Crippen molar-refractivity contribution in [3.63, 3.8) is 0 Å². The number of hydrogen-bond donors (Lipinski definition) is 3.